The molecule has 0 unspecified atom stereocenters. The molecule has 1 heterocycles. The van der Waals surface area contributed by atoms with E-state index in [2.05, 4.69) is 10.2 Å². The highest BCUT2D eigenvalue weighted by Gasteiger charge is 2.33. The van der Waals surface area contributed by atoms with Crippen LogP contribution in [0.2, 0.25) is 0 Å². The van der Waals surface area contributed by atoms with Crippen molar-refractivity contribution in [1.82, 2.24) is 10.2 Å². The lowest BCUT2D eigenvalue weighted by Crippen LogP contribution is -2.50. The molecular formula is C17H24N2O4S. The van der Waals surface area contributed by atoms with E-state index in [0.29, 0.717) is 19.0 Å². The van der Waals surface area contributed by atoms with Gasteiger partial charge in [0.2, 0.25) is 0 Å². The predicted octanol–water partition coefficient (Wildman–Crippen LogP) is 1.42. The smallest absolute Gasteiger partial charge is 0.407 e. The number of hydrogen-bond acceptors (Lipinski definition) is 5. The summed E-state index contributed by atoms with van der Waals surface area (Å²) >= 11 is 0. The molecule has 1 aromatic carbocycles. The summed E-state index contributed by atoms with van der Waals surface area (Å²) in [6.45, 7) is 2.48. The Kier molecular flexibility index (Phi) is 5.40. The van der Waals surface area contributed by atoms with Crippen LogP contribution >= 0.6 is 0 Å². The number of nitrogens with zero attached hydrogens (tertiary/aromatic N) is 1. The van der Waals surface area contributed by atoms with Crippen molar-refractivity contribution in [3.05, 3.63) is 35.9 Å². The van der Waals surface area contributed by atoms with Gasteiger partial charge >= 0.3 is 6.09 Å². The van der Waals surface area contributed by atoms with Crippen molar-refractivity contribution >= 4 is 15.9 Å². The maximum atomic E-state index is 11.8. The monoisotopic (exact) mass is 352 g/mol. The number of hydrogen-bond donors (Lipinski definition) is 1. The van der Waals surface area contributed by atoms with Gasteiger partial charge in [-0.15, -0.1) is 0 Å². The minimum absolute atomic E-state index is 0.173. The van der Waals surface area contributed by atoms with Gasteiger partial charge in [-0.3, -0.25) is 0 Å². The van der Waals surface area contributed by atoms with Crippen LogP contribution in [0.15, 0.2) is 30.3 Å². The summed E-state index contributed by atoms with van der Waals surface area (Å²) < 4.78 is 28.0. The first-order valence-electron chi connectivity index (χ1n) is 8.40. The van der Waals surface area contributed by atoms with Crippen molar-refractivity contribution in [1.29, 1.82) is 0 Å². The van der Waals surface area contributed by atoms with Crippen molar-refractivity contribution in [3.63, 3.8) is 0 Å². The van der Waals surface area contributed by atoms with Gasteiger partial charge < -0.3 is 15.0 Å². The minimum Gasteiger partial charge on any atom is -0.445 e. The summed E-state index contributed by atoms with van der Waals surface area (Å²) in [5, 5.41) is 2.89. The molecule has 1 N–H and O–H groups in total. The first-order valence-corrected chi connectivity index (χ1v) is 10.2. The molecule has 1 aromatic rings. The lowest BCUT2D eigenvalue weighted by molar-refractivity contribution is 0.111. The van der Waals surface area contributed by atoms with Crippen LogP contribution in [0.5, 0.6) is 0 Å². The number of carbonyl (C=O) groups excluding carboxylic acids is 1. The Morgan fingerprint density at radius 2 is 1.83 bits per heavy atom. The van der Waals surface area contributed by atoms with Crippen LogP contribution in [0, 0.1) is 5.92 Å². The van der Waals surface area contributed by atoms with E-state index in [9.17, 15) is 13.2 Å². The molecule has 1 saturated carbocycles. The highest BCUT2D eigenvalue weighted by molar-refractivity contribution is 7.91. The first-order chi connectivity index (χ1) is 11.5. The molecule has 2 fully saturated rings. The van der Waals surface area contributed by atoms with Gasteiger partial charge in [0.05, 0.1) is 11.5 Å². The van der Waals surface area contributed by atoms with Crippen molar-refractivity contribution in [3.8, 4) is 0 Å². The van der Waals surface area contributed by atoms with Crippen LogP contribution in [0.4, 0.5) is 4.79 Å². The highest BCUT2D eigenvalue weighted by atomic mass is 32.2. The molecular weight excluding hydrogens is 328 g/mol. The Morgan fingerprint density at radius 3 is 2.50 bits per heavy atom. The van der Waals surface area contributed by atoms with E-state index < -0.39 is 9.84 Å². The van der Waals surface area contributed by atoms with Crippen molar-refractivity contribution in [2.45, 2.75) is 25.5 Å². The Bertz CT molecular complexity index is 642. The predicted molar refractivity (Wildman–Crippen MR) is 91.4 cm³/mol. The molecule has 2 aliphatic rings. The fourth-order valence-corrected chi connectivity index (χ4v) is 4.51. The summed E-state index contributed by atoms with van der Waals surface area (Å²) in [4.78, 5) is 14.0. The molecule has 0 spiro atoms. The van der Waals surface area contributed by atoms with E-state index >= 15 is 0 Å². The summed E-state index contributed by atoms with van der Waals surface area (Å²) in [5.41, 5.74) is 0.971. The maximum absolute atomic E-state index is 11.8. The minimum atomic E-state index is -2.81. The number of carbonyl (C=O) groups is 1. The Balaban J connectivity index is 1.30. The Morgan fingerprint density at radius 1 is 1.17 bits per heavy atom. The molecule has 6 nitrogen and oxygen atoms in total. The normalized spacial score (nSPS) is 26.3. The number of amides is 1. The Hall–Kier alpha value is -1.60. The van der Waals surface area contributed by atoms with Gasteiger partial charge in [-0.2, -0.15) is 0 Å². The SMILES string of the molecule is O=C(NC1CC(CN2CCS(=O)(=O)CC2)C1)OCc1ccccc1. The van der Waals surface area contributed by atoms with E-state index in [-0.39, 0.29) is 30.2 Å². The van der Waals surface area contributed by atoms with Gasteiger partial charge in [-0.25, -0.2) is 13.2 Å². The van der Waals surface area contributed by atoms with E-state index in [1.807, 2.05) is 30.3 Å². The van der Waals surface area contributed by atoms with E-state index in [0.717, 1.165) is 24.9 Å². The summed E-state index contributed by atoms with van der Waals surface area (Å²) in [6, 6.07) is 9.77. The van der Waals surface area contributed by atoms with Gasteiger partial charge in [0.15, 0.2) is 9.84 Å². The zero-order valence-electron chi connectivity index (χ0n) is 13.7. The van der Waals surface area contributed by atoms with Gasteiger partial charge in [0, 0.05) is 25.7 Å². The molecule has 0 aromatic heterocycles. The van der Waals surface area contributed by atoms with Gasteiger partial charge in [-0.1, -0.05) is 30.3 Å². The number of sulfone groups is 1. The molecule has 1 saturated heterocycles. The second kappa shape index (κ2) is 7.53. The Labute approximate surface area is 143 Å². The lowest BCUT2D eigenvalue weighted by atomic mass is 9.80. The van der Waals surface area contributed by atoms with E-state index in [1.165, 1.54) is 0 Å². The largest absolute Gasteiger partial charge is 0.445 e. The van der Waals surface area contributed by atoms with Crippen LogP contribution in [-0.4, -0.2) is 56.6 Å². The number of ether oxygens (including phenoxy) is 1. The van der Waals surface area contributed by atoms with Crippen molar-refractivity contribution in [2.75, 3.05) is 31.1 Å². The van der Waals surface area contributed by atoms with Crippen LogP contribution in [-0.2, 0) is 21.2 Å². The molecule has 0 radical (unpaired) electrons. The highest BCUT2D eigenvalue weighted by Crippen LogP contribution is 2.28. The summed E-state index contributed by atoms with van der Waals surface area (Å²) in [7, 11) is -2.81. The molecule has 1 amide bonds. The zero-order chi connectivity index (χ0) is 17.0. The maximum Gasteiger partial charge on any atom is 0.407 e. The molecule has 7 heteroatoms. The third-order valence-electron chi connectivity index (χ3n) is 4.72. The van der Waals surface area contributed by atoms with Crippen LogP contribution < -0.4 is 5.32 Å². The number of nitrogens with one attached hydrogen (secondary N) is 1. The standard InChI is InChI=1S/C17H24N2O4S/c20-17(23-13-14-4-2-1-3-5-14)18-16-10-15(11-16)12-19-6-8-24(21,22)9-7-19/h1-5,15-16H,6-13H2,(H,18,20). The summed E-state index contributed by atoms with van der Waals surface area (Å²) in [6.07, 6.45) is 1.50. The van der Waals surface area contributed by atoms with Gasteiger partial charge in [0.25, 0.3) is 0 Å². The third kappa shape index (κ3) is 4.95. The second-order valence-electron chi connectivity index (χ2n) is 6.69. The molecule has 0 atom stereocenters. The number of alkyl carbamates (subject to hydrolysis) is 1. The molecule has 0 bridgehead atoms. The number of benzene rings is 1. The van der Waals surface area contributed by atoms with Crippen LogP contribution in [0.1, 0.15) is 18.4 Å². The second-order valence-corrected chi connectivity index (χ2v) is 9.00. The topological polar surface area (TPSA) is 75.7 Å². The zero-order valence-corrected chi connectivity index (χ0v) is 14.5. The van der Waals surface area contributed by atoms with E-state index in [4.69, 9.17) is 4.74 Å². The average Bonchev–Trinajstić information content (AvgIpc) is 2.53. The third-order valence-corrected chi connectivity index (χ3v) is 6.33. The quantitative estimate of drug-likeness (QED) is 0.867. The molecule has 24 heavy (non-hydrogen) atoms. The van der Waals surface area contributed by atoms with Gasteiger partial charge in [0.1, 0.15) is 6.61 Å². The van der Waals surface area contributed by atoms with Crippen molar-refractivity contribution in [2.24, 2.45) is 5.92 Å². The first kappa shape index (κ1) is 17.2. The van der Waals surface area contributed by atoms with Crippen LogP contribution in [0.3, 0.4) is 0 Å². The van der Waals surface area contributed by atoms with Crippen LogP contribution in [0.25, 0.3) is 0 Å². The van der Waals surface area contributed by atoms with Crippen molar-refractivity contribution < 1.29 is 17.9 Å². The molecule has 1 aliphatic carbocycles. The van der Waals surface area contributed by atoms with E-state index in [1.54, 1.807) is 0 Å². The fourth-order valence-electron chi connectivity index (χ4n) is 3.23. The average molecular weight is 352 g/mol. The van der Waals surface area contributed by atoms with Gasteiger partial charge in [-0.05, 0) is 24.3 Å². The molecule has 132 valence electrons. The molecule has 3 rings (SSSR count). The fraction of sp³-hybridized carbons (Fsp3) is 0.588. The lowest BCUT2D eigenvalue weighted by Gasteiger charge is -2.39. The summed E-state index contributed by atoms with van der Waals surface area (Å²) in [5.74, 6) is 1.07. The number of rotatable bonds is 5. The molecule has 1 aliphatic heterocycles.